The largest absolute Gasteiger partial charge is 0.372 e. The van der Waals surface area contributed by atoms with E-state index in [4.69, 9.17) is 0 Å². The normalized spacial score (nSPS) is 24.1. The molecule has 2 aromatic rings. The van der Waals surface area contributed by atoms with Crippen LogP contribution in [0, 0.1) is 0 Å². The van der Waals surface area contributed by atoms with Gasteiger partial charge in [-0.3, -0.25) is 14.6 Å². The first-order valence-corrected chi connectivity index (χ1v) is 13.4. The molecule has 0 aromatic heterocycles. The second-order valence-corrected chi connectivity index (χ2v) is 10.6. The molecule has 3 aliphatic heterocycles. The van der Waals surface area contributed by atoms with Gasteiger partial charge in [0, 0.05) is 45.0 Å². The topological polar surface area (TPSA) is 47.1 Å². The molecule has 3 saturated heterocycles. The Bertz CT molecular complexity index is 1100. The number of hydrogen-bond acceptors (Lipinski definition) is 4. The number of rotatable bonds is 5. The molecule has 4 aliphatic rings. The SMILES string of the molecule is CCN1C(=O)N(C2CCc3ccccc32)C(=O)C12CCN(Cc1ccc(N3CCCC3)cc1)CC2. The standard InChI is InChI=1S/C29H36N4O2/c1-2-32-28(35)33(26-14-11-23-7-3-4-8-25(23)26)27(34)29(32)15-19-30(20-16-29)21-22-9-12-24(13-10-22)31-17-5-6-18-31/h3-4,7-10,12-13,26H,2,5-6,11,14-21H2,1H3. The van der Waals surface area contributed by atoms with Gasteiger partial charge in [0.05, 0.1) is 6.04 Å². The molecular weight excluding hydrogens is 436 g/mol. The molecule has 0 saturated carbocycles. The number of nitrogens with zero attached hydrogens (tertiary/aromatic N) is 4. The highest BCUT2D eigenvalue weighted by molar-refractivity contribution is 6.07. The van der Waals surface area contributed by atoms with Crippen LogP contribution in [0.25, 0.3) is 0 Å². The maximum Gasteiger partial charge on any atom is 0.328 e. The number of carbonyl (C=O) groups excluding carboxylic acids is 2. The highest BCUT2D eigenvalue weighted by atomic mass is 16.2. The summed E-state index contributed by atoms with van der Waals surface area (Å²) in [5.74, 6) is 0.0284. The molecule has 6 nitrogen and oxygen atoms in total. The van der Waals surface area contributed by atoms with Crippen LogP contribution in [0.4, 0.5) is 10.5 Å². The van der Waals surface area contributed by atoms with Gasteiger partial charge in [0.2, 0.25) is 0 Å². The predicted molar refractivity (Wildman–Crippen MR) is 137 cm³/mol. The lowest BCUT2D eigenvalue weighted by molar-refractivity contribution is -0.137. The van der Waals surface area contributed by atoms with E-state index in [9.17, 15) is 9.59 Å². The second kappa shape index (κ2) is 8.98. The van der Waals surface area contributed by atoms with Crippen LogP contribution in [0.2, 0.25) is 0 Å². The van der Waals surface area contributed by atoms with Gasteiger partial charge in [-0.05, 0) is 74.3 Å². The number of likely N-dealkylation sites (N-methyl/N-ethyl adjacent to an activating group) is 1. The maximum absolute atomic E-state index is 13.9. The summed E-state index contributed by atoms with van der Waals surface area (Å²) in [4.78, 5) is 35.9. The van der Waals surface area contributed by atoms with Crippen LogP contribution >= 0.6 is 0 Å². The first kappa shape index (κ1) is 22.6. The number of amides is 3. The Morgan fingerprint density at radius 2 is 1.63 bits per heavy atom. The molecule has 3 fully saturated rings. The summed E-state index contributed by atoms with van der Waals surface area (Å²) in [5, 5.41) is 0. The highest BCUT2D eigenvalue weighted by Gasteiger charge is 2.59. The highest BCUT2D eigenvalue weighted by Crippen LogP contribution is 2.44. The fourth-order valence-corrected chi connectivity index (χ4v) is 6.87. The van der Waals surface area contributed by atoms with Crippen LogP contribution in [0.5, 0.6) is 0 Å². The number of likely N-dealkylation sites (tertiary alicyclic amines) is 1. The molecule has 184 valence electrons. The molecule has 1 unspecified atom stereocenters. The maximum atomic E-state index is 13.9. The number of aryl methyl sites for hydroxylation is 1. The minimum Gasteiger partial charge on any atom is -0.372 e. The summed E-state index contributed by atoms with van der Waals surface area (Å²) in [6.07, 6.45) is 5.77. The van der Waals surface area contributed by atoms with Crippen molar-refractivity contribution in [3.05, 3.63) is 65.2 Å². The lowest BCUT2D eigenvalue weighted by atomic mass is 9.85. The Labute approximate surface area is 208 Å². The summed E-state index contributed by atoms with van der Waals surface area (Å²) < 4.78 is 0. The Morgan fingerprint density at radius 3 is 2.34 bits per heavy atom. The van der Waals surface area contributed by atoms with Crippen LogP contribution < -0.4 is 4.90 Å². The number of carbonyl (C=O) groups is 2. The number of hydrogen-bond donors (Lipinski definition) is 0. The summed E-state index contributed by atoms with van der Waals surface area (Å²) in [6, 6.07) is 17.1. The van der Waals surface area contributed by atoms with Gasteiger partial charge in [-0.15, -0.1) is 0 Å². The molecule has 1 aliphatic carbocycles. The molecule has 1 atom stereocenters. The van der Waals surface area contributed by atoms with Crippen molar-refractivity contribution in [1.29, 1.82) is 0 Å². The fourth-order valence-electron chi connectivity index (χ4n) is 6.87. The molecule has 0 radical (unpaired) electrons. The fraction of sp³-hybridized carbons (Fsp3) is 0.517. The molecule has 6 heteroatoms. The molecule has 2 aromatic carbocycles. The number of anilines is 1. The smallest absolute Gasteiger partial charge is 0.328 e. The van der Waals surface area contributed by atoms with Crippen LogP contribution in [-0.4, -0.2) is 64.9 Å². The first-order chi connectivity index (χ1) is 17.1. The van der Waals surface area contributed by atoms with Crippen LogP contribution in [0.1, 0.15) is 61.8 Å². The van der Waals surface area contributed by atoms with Crippen molar-refractivity contribution < 1.29 is 9.59 Å². The molecule has 0 bridgehead atoms. The zero-order chi connectivity index (χ0) is 24.0. The van der Waals surface area contributed by atoms with Crippen LogP contribution in [0.15, 0.2) is 48.5 Å². The van der Waals surface area contributed by atoms with E-state index in [1.165, 1.54) is 29.7 Å². The van der Waals surface area contributed by atoms with E-state index in [1.807, 2.05) is 24.0 Å². The Hall–Kier alpha value is -2.86. The van der Waals surface area contributed by atoms with Gasteiger partial charge in [-0.2, -0.15) is 0 Å². The van der Waals surface area contributed by atoms with E-state index in [2.05, 4.69) is 46.2 Å². The quantitative estimate of drug-likeness (QED) is 0.597. The van der Waals surface area contributed by atoms with E-state index in [1.54, 1.807) is 4.90 Å². The van der Waals surface area contributed by atoms with Gasteiger partial charge in [0.15, 0.2) is 0 Å². The number of piperidine rings is 1. The zero-order valence-electron chi connectivity index (χ0n) is 20.8. The average molecular weight is 473 g/mol. The van der Waals surface area contributed by atoms with E-state index >= 15 is 0 Å². The van der Waals surface area contributed by atoms with Gasteiger partial charge in [-0.1, -0.05) is 36.4 Å². The summed E-state index contributed by atoms with van der Waals surface area (Å²) in [5.41, 5.74) is 4.38. The van der Waals surface area contributed by atoms with E-state index in [0.29, 0.717) is 19.4 Å². The summed E-state index contributed by atoms with van der Waals surface area (Å²) in [6.45, 7) is 7.47. The number of urea groups is 1. The molecule has 3 amide bonds. The van der Waals surface area contributed by atoms with Crippen LogP contribution in [-0.2, 0) is 17.8 Å². The molecule has 0 N–H and O–H groups in total. The lowest BCUT2D eigenvalue weighted by Gasteiger charge is -2.42. The van der Waals surface area contributed by atoms with Crippen molar-refractivity contribution in [3.8, 4) is 0 Å². The van der Waals surface area contributed by atoms with E-state index in [-0.39, 0.29) is 18.0 Å². The number of imide groups is 1. The molecular formula is C29H36N4O2. The molecule has 1 spiro atoms. The third-order valence-corrected chi connectivity index (χ3v) is 8.80. The third-order valence-electron chi connectivity index (χ3n) is 8.80. The Kier molecular flexibility index (Phi) is 5.79. The second-order valence-electron chi connectivity index (χ2n) is 10.6. The third kappa shape index (κ3) is 3.74. The summed E-state index contributed by atoms with van der Waals surface area (Å²) >= 11 is 0. The van der Waals surface area contributed by atoms with Gasteiger partial charge in [0.25, 0.3) is 5.91 Å². The number of benzene rings is 2. The lowest BCUT2D eigenvalue weighted by Crippen LogP contribution is -2.56. The minimum absolute atomic E-state index is 0.0284. The number of fused-ring (bicyclic) bond motifs is 1. The average Bonchev–Trinajstić information content (AvgIpc) is 3.61. The van der Waals surface area contributed by atoms with Gasteiger partial charge in [0.1, 0.15) is 5.54 Å². The molecule has 3 heterocycles. The van der Waals surface area contributed by atoms with Crippen molar-refractivity contribution in [2.45, 2.75) is 63.6 Å². The van der Waals surface area contributed by atoms with Crippen molar-refractivity contribution in [3.63, 3.8) is 0 Å². The van der Waals surface area contributed by atoms with Crippen molar-refractivity contribution in [2.24, 2.45) is 0 Å². The Morgan fingerprint density at radius 1 is 0.914 bits per heavy atom. The minimum atomic E-state index is -0.681. The molecule has 35 heavy (non-hydrogen) atoms. The first-order valence-electron chi connectivity index (χ1n) is 13.4. The van der Waals surface area contributed by atoms with E-state index < -0.39 is 5.54 Å². The van der Waals surface area contributed by atoms with Crippen LogP contribution in [0.3, 0.4) is 0 Å². The van der Waals surface area contributed by atoms with E-state index in [0.717, 1.165) is 51.1 Å². The van der Waals surface area contributed by atoms with Crippen molar-refractivity contribution >= 4 is 17.6 Å². The van der Waals surface area contributed by atoms with Crippen molar-refractivity contribution in [1.82, 2.24) is 14.7 Å². The van der Waals surface area contributed by atoms with Gasteiger partial charge < -0.3 is 9.80 Å². The van der Waals surface area contributed by atoms with Gasteiger partial charge in [-0.25, -0.2) is 4.79 Å². The monoisotopic (exact) mass is 472 g/mol. The van der Waals surface area contributed by atoms with Gasteiger partial charge >= 0.3 is 6.03 Å². The summed E-state index contributed by atoms with van der Waals surface area (Å²) in [7, 11) is 0. The zero-order valence-corrected chi connectivity index (χ0v) is 20.8. The molecule has 6 rings (SSSR count). The van der Waals surface area contributed by atoms with Crippen molar-refractivity contribution in [2.75, 3.05) is 37.6 Å². The predicted octanol–water partition coefficient (Wildman–Crippen LogP) is 4.59. The Balaban J connectivity index is 1.15.